The van der Waals surface area contributed by atoms with Gasteiger partial charge in [0, 0.05) is 42.0 Å². The minimum Gasteiger partial charge on any atom is -0.504 e. The van der Waals surface area contributed by atoms with Gasteiger partial charge in [-0.25, -0.2) is 0 Å². The van der Waals surface area contributed by atoms with Gasteiger partial charge in [0.2, 0.25) is 0 Å². The van der Waals surface area contributed by atoms with Crippen LogP contribution in [-0.4, -0.2) is 58.7 Å². The third-order valence-electron chi connectivity index (χ3n) is 11.9. The van der Waals surface area contributed by atoms with Gasteiger partial charge in [-0.15, -0.1) is 0 Å². The number of rotatable bonds is 4. The van der Waals surface area contributed by atoms with Gasteiger partial charge in [-0.3, -0.25) is 4.90 Å². The number of phenols is 1. The predicted octanol–water partition coefficient (Wildman–Crippen LogP) is 4.41. The Balaban J connectivity index is 1.47. The zero-order chi connectivity index (χ0) is 23.9. The number of hydrogen-bond acceptors (Lipinski definition) is 5. The molecular weight excluding hydrogens is 426 g/mol. The molecule has 1 aromatic rings. The first-order valence-corrected chi connectivity index (χ1v) is 13.6. The van der Waals surface area contributed by atoms with E-state index in [2.05, 4.69) is 31.7 Å². The molecule has 5 aliphatic carbocycles. The number of ether oxygens (including phenoxy) is 2. The molecule has 0 radical (unpaired) electrons. The van der Waals surface area contributed by atoms with Gasteiger partial charge < -0.3 is 19.7 Å². The van der Waals surface area contributed by atoms with Crippen molar-refractivity contribution in [2.45, 2.75) is 101 Å². The summed E-state index contributed by atoms with van der Waals surface area (Å²) in [6.07, 6.45) is 7.64. The van der Waals surface area contributed by atoms with Crippen molar-refractivity contribution in [2.24, 2.45) is 22.7 Å². The van der Waals surface area contributed by atoms with Gasteiger partial charge in [0.1, 0.15) is 11.7 Å². The summed E-state index contributed by atoms with van der Waals surface area (Å²) >= 11 is 0. The van der Waals surface area contributed by atoms with E-state index < -0.39 is 11.2 Å². The minimum absolute atomic E-state index is 0.0294. The summed E-state index contributed by atoms with van der Waals surface area (Å²) < 4.78 is 13.5. The summed E-state index contributed by atoms with van der Waals surface area (Å²) in [6, 6.07) is 4.46. The fraction of sp³-hybridized carbons (Fsp3) is 0.793. The van der Waals surface area contributed by atoms with E-state index in [1.165, 1.54) is 30.5 Å². The van der Waals surface area contributed by atoms with E-state index in [9.17, 15) is 10.2 Å². The molecule has 0 amide bonds. The number of hydrogen-bond donors (Lipinski definition) is 2. The number of aliphatic hydroxyl groups is 1. The Morgan fingerprint density at radius 3 is 2.59 bits per heavy atom. The molecule has 0 aromatic heterocycles. The molecular formula is C29H41NO4. The summed E-state index contributed by atoms with van der Waals surface area (Å²) in [7, 11) is 1.83. The third-order valence-corrected chi connectivity index (χ3v) is 11.9. The number of methoxy groups -OCH3 is 1. The highest BCUT2D eigenvalue weighted by atomic mass is 16.6. The average Bonchev–Trinajstić information content (AvgIpc) is 3.53. The lowest BCUT2D eigenvalue weighted by molar-refractivity contribution is -0.312. The second-order valence-electron chi connectivity index (χ2n) is 13.8. The van der Waals surface area contributed by atoms with Crippen LogP contribution in [0.4, 0.5) is 0 Å². The number of phenolic OH excluding ortho intramolecular Hbond substituents is 1. The molecule has 2 N–H and O–H groups in total. The van der Waals surface area contributed by atoms with Gasteiger partial charge in [-0.05, 0) is 81.4 Å². The summed E-state index contributed by atoms with van der Waals surface area (Å²) in [5.74, 6) is 1.80. The Morgan fingerprint density at radius 2 is 1.91 bits per heavy atom. The molecule has 1 aromatic carbocycles. The lowest BCUT2D eigenvalue weighted by Crippen LogP contribution is -2.83. The van der Waals surface area contributed by atoms with E-state index in [1.54, 1.807) is 0 Å². The molecule has 2 spiro atoms. The first kappa shape index (κ1) is 21.9. The van der Waals surface area contributed by atoms with Crippen LogP contribution >= 0.6 is 0 Å². The molecule has 2 aliphatic heterocycles. The lowest BCUT2D eigenvalue weighted by atomic mass is 9.33. The van der Waals surface area contributed by atoms with Crippen molar-refractivity contribution in [2.75, 3.05) is 20.2 Å². The summed E-state index contributed by atoms with van der Waals surface area (Å²) in [4.78, 5) is 2.82. The van der Waals surface area contributed by atoms with E-state index >= 15 is 0 Å². The number of nitrogens with zero attached hydrogens (tertiary/aromatic N) is 1. The van der Waals surface area contributed by atoms with E-state index in [0.29, 0.717) is 11.8 Å². The second kappa shape index (κ2) is 6.33. The minimum atomic E-state index is -0.909. The van der Waals surface area contributed by atoms with Gasteiger partial charge in [0.15, 0.2) is 11.5 Å². The smallest absolute Gasteiger partial charge is 0.165 e. The molecule has 1 saturated heterocycles. The van der Waals surface area contributed by atoms with E-state index in [-0.39, 0.29) is 34.0 Å². The van der Waals surface area contributed by atoms with E-state index in [1.807, 2.05) is 20.1 Å². The first-order chi connectivity index (χ1) is 16.0. The standard InChI is InChI=1S/C29H41NO4/c1-25(2,3)26(4,32)20-15-27-10-11-29(20,33-5)24-28(27)12-13-30(16-17-6-7-17)21(27)14-18-8-9-19(31)23(34-24)22(18)28/h8-9,17,20-21,24,31-32H,6-7,10-16H2,1-5H3/t20-,21-,24+,26-,27?,28-,29-/m1/s1. The maximum Gasteiger partial charge on any atom is 0.165 e. The summed E-state index contributed by atoms with van der Waals surface area (Å²) in [5.41, 5.74) is 0.783. The second-order valence-corrected chi connectivity index (χ2v) is 13.8. The Bertz CT molecular complexity index is 1060. The fourth-order valence-electron chi connectivity index (χ4n) is 9.58. The van der Waals surface area contributed by atoms with Gasteiger partial charge >= 0.3 is 0 Å². The normalized spacial score (nSPS) is 43.9. The van der Waals surface area contributed by atoms with Crippen molar-refractivity contribution in [3.05, 3.63) is 23.3 Å². The third kappa shape index (κ3) is 2.25. The molecule has 5 heteroatoms. The largest absolute Gasteiger partial charge is 0.504 e. The number of benzene rings is 1. The molecule has 5 nitrogen and oxygen atoms in total. The SMILES string of the molecule is CO[C@]12CCC3(C[C@@H]1[C@@](C)(O)C(C)(C)C)[C@H]1Cc4ccc(O)c5c4[C@]3(CCN1CC1CC1)[C@@H]2O5. The monoisotopic (exact) mass is 467 g/mol. The fourth-order valence-corrected chi connectivity index (χ4v) is 9.58. The molecule has 5 fully saturated rings. The van der Waals surface area contributed by atoms with Crippen molar-refractivity contribution in [1.29, 1.82) is 0 Å². The molecule has 4 bridgehead atoms. The van der Waals surface area contributed by atoms with E-state index in [4.69, 9.17) is 9.47 Å². The quantitative estimate of drug-likeness (QED) is 0.687. The van der Waals surface area contributed by atoms with Crippen LogP contribution in [0.1, 0.15) is 77.3 Å². The number of piperidine rings is 1. The Hall–Kier alpha value is -1.30. The van der Waals surface area contributed by atoms with Crippen LogP contribution in [0.5, 0.6) is 11.5 Å². The van der Waals surface area contributed by atoms with Crippen molar-refractivity contribution < 1.29 is 19.7 Å². The number of likely N-dealkylation sites (tertiary alicyclic amines) is 1. The Morgan fingerprint density at radius 1 is 1.15 bits per heavy atom. The molecule has 7 atom stereocenters. The van der Waals surface area contributed by atoms with Crippen LogP contribution in [0.15, 0.2) is 12.1 Å². The molecule has 34 heavy (non-hydrogen) atoms. The summed E-state index contributed by atoms with van der Waals surface area (Å²) in [6.45, 7) is 10.8. The van der Waals surface area contributed by atoms with Gasteiger partial charge in [-0.2, -0.15) is 0 Å². The van der Waals surface area contributed by atoms with Gasteiger partial charge in [-0.1, -0.05) is 26.8 Å². The Labute approximate surface area is 203 Å². The first-order valence-electron chi connectivity index (χ1n) is 13.6. The van der Waals surface area contributed by atoms with Crippen molar-refractivity contribution >= 4 is 0 Å². The van der Waals surface area contributed by atoms with Crippen LogP contribution in [0.3, 0.4) is 0 Å². The maximum absolute atomic E-state index is 12.2. The average molecular weight is 468 g/mol. The number of aromatic hydroxyl groups is 1. The summed E-state index contributed by atoms with van der Waals surface area (Å²) in [5, 5.41) is 23.2. The van der Waals surface area contributed by atoms with Crippen LogP contribution < -0.4 is 4.74 Å². The predicted molar refractivity (Wildman–Crippen MR) is 130 cm³/mol. The van der Waals surface area contributed by atoms with Crippen molar-refractivity contribution in [3.63, 3.8) is 0 Å². The highest BCUT2D eigenvalue weighted by Gasteiger charge is 2.82. The lowest BCUT2D eigenvalue weighted by Gasteiger charge is -2.75. The highest BCUT2D eigenvalue weighted by molar-refractivity contribution is 5.63. The van der Waals surface area contributed by atoms with Crippen LogP contribution in [0.25, 0.3) is 0 Å². The molecule has 1 unspecified atom stereocenters. The zero-order valence-electron chi connectivity index (χ0n) is 21.5. The van der Waals surface area contributed by atoms with Crippen molar-refractivity contribution in [1.82, 2.24) is 4.90 Å². The van der Waals surface area contributed by atoms with Gasteiger partial charge in [0.25, 0.3) is 0 Å². The maximum atomic E-state index is 12.2. The molecule has 7 aliphatic rings. The number of fused-ring (bicyclic) bond motifs is 2. The topological polar surface area (TPSA) is 62.2 Å². The molecule has 8 rings (SSSR count). The highest BCUT2D eigenvalue weighted by Crippen LogP contribution is 2.78. The molecule has 2 heterocycles. The van der Waals surface area contributed by atoms with Gasteiger partial charge in [0.05, 0.1) is 5.60 Å². The Kier molecular flexibility index (Phi) is 4.08. The molecule has 4 saturated carbocycles. The van der Waals surface area contributed by atoms with Crippen LogP contribution in [0.2, 0.25) is 0 Å². The van der Waals surface area contributed by atoms with Crippen molar-refractivity contribution in [3.8, 4) is 11.5 Å². The van der Waals surface area contributed by atoms with Crippen LogP contribution in [0, 0.1) is 22.7 Å². The zero-order valence-corrected chi connectivity index (χ0v) is 21.5. The van der Waals surface area contributed by atoms with Crippen LogP contribution in [-0.2, 0) is 16.6 Å². The molecule has 186 valence electrons. The van der Waals surface area contributed by atoms with E-state index in [0.717, 1.165) is 44.6 Å².